The topological polar surface area (TPSA) is 32.5 Å². The fourth-order valence-electron chi connectivity index (χ4n) is 3.88. The third kappa shape index (κ3) is 3.12. The van der Waals surface area contributed by atoms with E-state index in [-0.39, 0.29) is 17.9 Å². The summed E-state index contributed by atoms with van der Waals surface area (Å²) in [6.45, 7) is 6.67. The molecule has 2 fully saturated rings. The maximum Gasteiger partial charge on any atom is 0.123 e. The highest BCUT2D eigenvalue weighted by atomic mass is 19.1. The molecular formula is C17H26FN3. The van der Waals surface area contributed by atoms with Gasteiger partial charge in [-0.15, -0.1) is 0 Å². The zero-order chi connectivity index (χ0) is 14.8. The third-order valence-electron chi connectivity index (χ3n) is 5.10. The number of benzene rings is 1. The standard InChI is InChI=1S/C17H26FN3/c1-2-16(19)17(13-5-7-14(18)8-6-13)21-11-10-20-9-3-4-15(20)12-21/h5-8,15-17H,2-4,9-12,19H2,1H3. The first-order valence-electron chi connectivity index (χ1n) is 8.18. The lowest BCUT2D eigenvalue weighted by molar-refractivity contribution is 0.0608. The Morgan fingerprint density at radius 3 is 2.71 bits per heavy atom. The number of nitrogens with zero attached hydrogens (tertiary/aromatic N) is 2. The zero-order valence-electron chi connectivity index (χ0n) is 12.8. The predicted octanol–water partition coefficient (Wildman–Crippen LogP) is 2.38. The summed E-state index contributed by atoms with van der Waals surface area (Å²) in [4.78, 5) is 5.13. The van der Waals surface area contributed by atoms with Gasteiger partial charge in [-0.2, -0.15) is 0 Å². The summed E-state index contributed by atoms with van der Waals surface area (Å²) in [5, 5.41) is 0. The molecule has 0 spiro atoms. The van der Waals surface area contributed by atoms with Crippen LogP contribution in [0, 0.1) is 5.82 Å². The van der Waals surface area contributed by atoms with Crippen molar-refractivity contribution < 1.29 is 4.39 Å². The normalized spacial score (nSPS) is 26.5. The molecule has 2 heterocycles. The molecule has 0 saturated carbocycles. The summed E-state index contributed by atoms with van der Waals surface area (Å²) in [5.74, 6) is -0.178. The number of fused-ring (bicyclic) bond motifs is 1. The first-order valence-corrected chi connectivity index (χ1v) is 8.18. The average Bonchev–Trinajstić information content (AvgIpc) is 2.97. The molecule has 2 aliphatic heterocycles. The van der Waals surface area contributed by atoms with Gasteiger partial charge >= 0.3 is 0 Å². The van der Waals surface area contributed by atoms with Crippen molar-refractivity contribution in [2.45, 2.75) is 44.3 Å². The first kappa shape index (κ1) is 14.9. The van der Waals surface area contributed by atoms with Gasteiger partial charge in [-0.3, -0.25) is 9.80 Å². The van der Waals surface area contributed by atoms with Crippen LogP contribution in [0.2, 0.25) is 0 Å². The molecule has 3 nitrogen and oxygen atoms in total. The molecule has 21 heavy (non-hydrogen) atoms. The molecule has 2 aliphatic rings. The lowest BCUT2D eigenvalue weighted by Crippen LogP contribution is -2.54. The minimum atomic E-state index is -0.178. The molecule has 3 unspecified atom stereocenters. The van der Waals surface area contributed by atoms with Crippen molar-refractivity contribution in [1.29, 1.82) is 0 Å². The van der Waals surface area contributed by atoms with Crippen LogP contribution in [-0.2, 0) is 0 Å². The van der Waals surface area contributed by atoms with Crippen molar-refractivity contribution in [3.63, 3.8) is 0 Å². The minimum absolute atomic E-state index is 0.100. The second-order valence-electron chi connectivity index (χ2n) is 6.40. The Hall–Kier alpha value is -0.970. The molecule has 0 aliphatic carbocycles. The van der Waals surface area contributed by atoms with E-state index in [1.165, 1.54) is 19.4 Å². The molecule has 1 aromatic carbocycles. The highest BCUT2D eigenvalue weighted by molar-refractivity contribution is 5.22. The summed E-state index contributed by atoms with van der Waals surface area (Å²) in [5.41, 5.74) is 7.56. The maximum absolute atomic E-state index is 13.2. The summed E-state index contributed by atoms with van der Waals surface area (Å²) in [7, 11) is 0. The third-order valence-corrected chi connectivity index (χ3v) is 5.10. The lowest BCUT2D eigenvalue weighted by atomic mass is 9.94. The van der Waals surface area contributed by atoms with Crippen molar-refractivity contribution >= 4 is 0 Å². The largest absolute Gasteiger partial charge is 0.326 e. The van der Waals surface area contributed by atoms with E-state index in [4.69, 9.17) is 5.73 Å². The first-order chi connectivity index (χ1) is 10.2. The molecule has 3 rings (SSSR count). The smallest absolute Gasteiger partial charge is 0.123 e. The molecule has 2 saturated heterocycles. The van der Waals surface area contributed by atoms with Crippen LogP contribution >= 0.6 is 0 Å². The lowest BCUT2D eigenvalue weighted by Gasteiger charge is -2.43. The van der Waals surface area contributed by atoms with Gasteiger partial charge in [0.1, 0.15) is 5.82 Å². The summed E-state index contributed by atoms with van der Waals surface area (Å²) in [6, 6.07) is 7.90. The molecule has 116 valence electrons. The molecule has 0 bridgehead atoms. The van der Waals surface area contributed by atoms with E-state index in [0.717, 1.165) is 31.6 Å². The van der Waals surface area contributed by atoms with Gasteiger partial charge in [-0.25, -0.2) is 4.39 Å². The van der Waals surface area contributed by atoms with Crippen molar-refractivity contribution in [3.05, 3.63) is 35.6 Å². The molecule has 0 aromatic heterocycles. The molecule has 0 amide bonds. The molecule has 1 aromatic rings. The van der Waals surface area contributed by atoms with Crippen LogP contribution in [0.1, 0.15) is 37.8 Å². The van der Waals surface area contributed by atoms with Gasteiger partial charge < -0.3 is 5.73 Å². The van der Waals surface area contributed by atoms with Crippen molar-refractivity contribution in [3.8, 4) is 0 Å². The number of nitrogens with two attached hydrogens (primary N) is 1. The van der Waals surface area contributed by atoms with Gasteiger partial charge in [-0.1, -0.05) is 19.1 Å². The van der Waals surface area contributed by atoms with Crippen molar-refractivity contribution in [2.75, 3.05) is 26.2 Å². The second-order valence-corrected chi connectivity index (χ2v) is 6.40. The van der Waals surface area contributed by atoms with Crippen LogP contribution < -0.4 is 5.73 Å². The van der Waals surface area contributed by atoms with Gasteiger partial charge in [0, 0.05) is 37.8 Å². The Balaban J connectivity index is 1.80. The monoisotopic (exact) mass is 291 g/mol. The van der Waals surface area contributed by atoms with Gasteiger partial charge in [0.05, 0.1) is 0 Å². The van der Waals surface area contributed by atoms with Crippen LogP contribution in [0.3, 0.4) is 0 Å². The fraction of sp³-hybridized carbons (Fsp3) is 0.647. The zero-order valence-corrected chi connectivity index (χ0v) is 12.8. The van der Waals surface area contributed by atoms with E-state index in [1.807, 2.05) is 12.1 Å². The quantitative estimate of drug-likeness (QED) is 0.924. The van der Waals surface area contributed by atoms with E-state index in [0.29, 0.717) is 6.04 Å². The van der Waals surface area contributed by atoms with E-state index >= 15 is 0 Å². The Morgan fingerprint density at radius 2 is 2.00 bits per heavy atom. The predicted molar refractivity (Wildman–Crippen MR) is 83.6 cm³/mol. The van der Waals surface area contributed by atoms with Crippen LogP contribution in [-0.4, -0.2) is 48.1 Å². The van der Waals surface area contributed by atoms with Crippen molar-refractivity contribution in [2.24, 2.45) is 5.73 Å². The Bertz CT molecular complexity index is 462. The maximum atomic E-state index is 13.2. The Labute approximate surface area is 126 Å². The van der Waals surface area contributed by atoms with Crippen LogP contribution in [0.15, 0.2) is 24.3 Å². The molecule has 2 N–H and O–H groups in total. The summed E-state index contributed by atoms with van der Waals surface area (Å²) in [6.07, 6.45) is 3.56. The van der Waals surface area contributed by atoms with Gasteiger partial charge in [0.2, 0.25) is 0 Å². The van der Waals surface area contributed by atoms with Gasteiger partial charge in [0.15, 0.2) is 0 Å². The van der Waals surface area contributed by atoms with Gasteiger partial charge in [-0.05, 0) is 43.5 Å². The summed E-state index contributed by atoms with van der Waals surface area (Å²) >= 11 is 0. The Morgan fingerprint density at radius 1 is 1.24 bits per heavy atom. The number of rotatable bonds is 4. The van der Waals surface area contributed by atoms with E-state index in [9.17, 15) is 4.39 Å². The van der Waals surface area contributed by atoms with Gasteiger partial charge in [0.25, 0.3) is 0 Å². The molecule has 0 radical (unpaired) electrons. The van der Waals surface area contributed by atoms with Crippen molar-refractivity contribution in [1.82, 2.24) is 9.80 Å². The molecular weight excluding hydrogens is 265 g/mol. The Kier molecular flexibility index (Phi) is 4.57. The summed E-state index contributed by atoms with van der Waals surface area (Å²) < 4.78 is 13.2. The van der Waals surface area contributed by atoms with E-state index < -0.39 is 0 Å². The highest BCUT2D eigenvalue weighted by Gasteiger charge is 2.35. The van der Waals surface area contributed by atoms with E-state index in [2.05, 4.69) is 16.7 Å². The highest BCUT2D eigenvalue weighted by Crippen LogP contribution is 2.30. The second kappa shape index (κ2) is 6.42. The molecule has 4 heteroatoms. The number of hydrogen-bond acceptors (Lipinski definition) is 3. The van der Waals surface area contributed by atoms with E-state index in [1.54, 1.807) is 12.1 Å². The van der Waals surface area contributed by atoms with Crippen LogP contribution in [0.25, 0.3) is 0 Å². The number of halogens is 1. The minimum Gasteiger partial charge on any atom is -0.326 e. The number of piperazine rings is 1. The SMILES string of the molecule is CCC(N)C(c1ccc(F)cc1)N1CCN2CCCC2C1. The van der Waals surface area contributed by atoms with Crippen LogP contribution in [0.5, 0.6) is 0 Å². The van der Waals surface area contributed by atoms with Crippen LogP contribution in [0.4, 0.5) is 4.39 Å². The fourth-order valence-corrected chi connectivity index (χ4v) is 3.88. The average molecular weight is 291 g/mol. The number of hydrogen-bond donors (Lipinski definition) is 1. The molecule has 3 atom stereocenters.